The summed E-state index contributed by atoms with van der Waals surface area (Å²) in [6.07, 6.45) is 1.02. The van der Waals surface area contributed by atoms with E-state index in [2.05, 4.69) is 6.58 Å². The van der Waals surface area contributed by atoms with E-state index in [9.17, 15) is 15.2 Å². The Morgan fingerprint density at radius 3 is 2.82 bits per heavy atom. The number of likely N-dealkylation sites (N-methyl/N-ethyl adjacent to an activating group) is 1. The van der Waals surface area contributed by atoms with Crippen LogP contribution in [0, 0.1) is 10.1 Å². The molecule has 17 heavy (non-hydrogen) atoms. The highest BCUT2D eigenvalue weighted by molar-refractivity contribution is 7.16. The van der Waals surface area contributed by atoms with Gasteiger partial charge in [-0.1, -0.05) is 6.08 Å². The molecule has 0 aliphatic heterocycles. The quantitative estimate of drug-likeness (QED) is 0.483. The van der Waals surface area contributed by atoms with E-state index < -0.39 is 11.0 Å². The summed E-state index contributed by atoms with van der Waals surface area (Å²) in [6, 6.07) is 1.44. The topological polar surface area (TPSA) is 66.6 Å². The molecule has 0 amide bonds. The van der Waals surface area contributed by atoms with Crippen LogP contribution in [0.2, 0.25) is 0 Å². The highest BCUT2D eigenvalue weighted by atomic mass is 32.1. The molecule has 6 heteroatoms. The molecule has 1 atom stereocenters. The van der Waals surface area contributed by atoms with E-state index in [0.29, 0.717) is 23.0 Å². The van der Waals surface area contributed by atoms with Crippen LogP contribution in [0.4, 0.5) is 10.7 Å². The molecule has 1 aromatic rings. The van der Waals surface area contributed by atoms with Crippen LogP contribution in [0.5, 0.6) is 0 Å². The molecule has 0 saturated carbocycles. The Labute approximate surface area is 104 Å². The van der Waals surface area contributed by atoms with Crippen LogP contribution in [-0.4, -0.2) is 23.1 Å². The zero-order valence-electron chi connectivity index (χ0n) is 9.92. The average Bonchev–Trinajstić information content (AvgIpc) is 2.70. The lowest BCUT2D eigenvalue weighted by Crippen LogP contribution is -2.22. The molecule has 1 heterocycles. The maximum absolute atomic E-state index is 11.0. The normalized spacial score (nSPS) is 12.2. The number of aliphatic hydroxyl groups excluding tert-OH is 1. The summed E-state index contributed by atoms with van der Waals surface area (Å²) in [4.78, 5) is 13.0. The first-order chi connectivity index (χ1) is 8.01. The van der Waals surface area contributed by atoms with Crippen molar-refractivity contribution in [2.24, 2.45) is 0 Å². The van der Waals surface area contributed by atoms with Gasteiger partial charge in [-0.25, -0.2) is 0 Å². The molecule has 0 spiro atoms. The van der Waals surface area contributed by atoms with Gasteiger partial charge < -0.3 is 10.0 Å². The van der Waals surface area contributed by atoms with Gasteiger partial charge in [0.15, 0.2) is 5.00 Å². The first-order valence-corrected chi connectivity index (χ1v) is 6.14. The summed E-state index contributed by atoms with van der Waals surface area (Å²) in [5, 5.41) is 21.0. The lowest BCUT2D eigenvalue weighted by Gasteiger charge is -2.18. The van der Waals surface area contributed by atoms with Gasteiger partial charge in [-0.2, -0.15) is 0 Å². The second-order valence-electron chi connectivity index (χ2n) is 3.60. The van der Waals surface area contributed by atoms with Crippen molar-refractivity contribution in [3.8, 4) is 0 Å². The molecular weight excluding hydrogens is 240 g/mol. The van der Waals surface area contributed by atoms with Crippen molar-refractivity contribution in [2.45, 2.75) is 20.0 Å². The van der Waals surface area contributed by atoms with Crippen LogP contribution in [0.25, 0.3) is 0 Å². The number of rotatable bonds is 6. The summed E-state index contributed by atoms with van der Waals surface area (Å²) >= 11 is 1.26. The third-order valence-electron chi connectivity index (χ3n) is 2.34. The fourth-order valence-corrected chi connectivity index (χ4v) is 2.60. The Bertz CT molecular complexity index is 415. The minimum absolute atomic E-state index is 0.0506. The number of hydrogen-bond acceptors (Lipinski definition) is 5. The zero-order valence-corrected chi connectivity index (χ0v) is 10.7. The molecule has 0 radical (unpaired) electrons. The molecule has 0 aromatic carbocycles. The Hall–Kier alpha value is -1.40. The Morgan fingerprint density at radius 1 is 1.76 bits per heavy atom. The van der Waals surface area contributed by atoms with Gasteiger partial charge in [0.2, 0.25) is 0 Å². The van der Waals surface area contributed by atoms with Crippen LogP contribution in [-0.2, 0) is 0 Å². The summed E-state index contributed by atoms with van der Waals surface area (Å²) < 4.78 is 0. The van der Waals surface area contributed by atoms with Crippen molar-refractivity contribution < 1.29 is 10.0 Å². The first-order valence-electron chi connectivity index (χ1n) is 5.33. The van der Waals surface area contributed by atoms with Gasteiger partial charge in [0.05, 0.1) is 11.0 Å². The molecule has 0 saturated heterocycles. The van der Waals surface area contributed by atoms with Gasteiger partial charge in [-0.3, -0.25) is 10.1 Å². The molecule has 1 rings (SSSR count). The number of hydrogen-bond donors (Lipinski definition) is 1. The largest absolute Gasteiger partial charge is 0.388 e. The lowest BCUT2D eigenvalue weighted by atomic mass is 10.3. The van der Waals surface area contributed by atoms with Crippen molar-refractivity contribution >= 4 is 22.0 Å². The van der Waals surface area contributed by atoms with Crippen LogP contribution >= 0.6 is 11.3 Å². The van der Waals surface area contributed by atoms with Crippen molar-refractivity contribution in [3.05, 3.63) is 33.7 Å². The van der Waals surface area contributed by atoms with Gasteiger partial charge >= 0.3 is 5.69 Å². The molecule has 1 aromatic heterocycles. The minimum atomic E-state index is -0.685. The average molecular weight is 256 g/mol. The van der Waals surface area contributed by atoms with Crippen molar-refractivity contribution in [2.75, 3.05) is 18.0 Å². The molecule has 0 aliphatic carbocycles. The second kappa shape index (κ2) is 5.79. The maximum Gasteiger partial charge on any atom is 0.304 e. The van der Waals surface area contributed by atoms with E-state index in [1.165, 1.54) is 17.4 Å². The Kier molecular flexibility index (Phi) is 4.65. The van der Waals surface area contributed by atoms with Gasteiger partial charge in [-0.05, 0) is 13.8 Å². The zero-order chi connectivity index (χ0) is 13.0. The van der Waals surface area contributed by atoms with Crippen LogP contribution in [0.3, 0.4) is 0 Å². The smallest absolute Gasteiger partial charge is 0.304 e. The molecule has 0 unspecified atom stereocenters. The van der Waals surface area contributed by atoms with Crippen LogP contribution in [0.1, 0.15) is 24.8 Å². The standard InChI is InChI=1S/C11H16N2O3S/c1-4-6-12(5-2)11-9(13(15)16)7-10(17-11)8(3)14/h4,7-8,14H,1,5-6H2,2-3H3/t8-/m0/s1. The molecule has 5 nitrogen and oxygen atoms in total. The maximum atomic E-state index is 11.0. The monoisotopic (exact) mass is 256 g/mol. The highest BCUT2D eigenvalue weighted by Crippen LogP contribution is 2.39. The van der Waals surface area contributed by atoms with Gasteiger partial charge in [0.1, 0.15) is 0 Å². The van der Waals surface area contributed by atoms with E-state index in [4.69, 9.17) is 0 Å². The number of anilines is 1. The number of thiophene rings is 1. The molecule has 1 N–H and O–H groups in total. The lowest BCUT2D eigenvalue weighted by molar-refractivity contribution is -0.383. The summed E-state index contributed by atoms with van der Waals surface area (Å²) in [6.45, 7) is 8.37. The van der Waals surface area contributed by atoms with Crippen molar-refractivity contribution in [3.63, 3.8) is 0 Å². The molecule has 0 aliphatic rings. The summed E-state index contributed by atoms with van der Waals surface area (Å²) in [7, 11) is 0. The van der Waals surface area contributed by atoms with Gasteiger partial charge in [0.25, 0.3) is 0 Å². The fourth-order valence-electron chi connectivity index (χ4n) is 1.46. The Balaban J connectivity index is 3.18. The third kappa shape index (κ3) is 3.04. The molecule has 94 valence electrons. The molecular formula is C11H16N2O3S. The summed E-state index contributed by atoms with van der Waals surface area (Å²) in [5.74, 6) is 0. The third-order valence-corrected chi connectivity index (χ3v) is 3.69. The molecule has 0 bridgehead atoms. The highest BCUT2D eigenvalue weighted by Gasteiger charge is 2.24. The predicted molar refractivity (Wildman–Crippen MR) is 69.7 cm³/mol. The SMILES string of the molecule is C=CCN(CC)c1sc([C@H](C)O)cc1[N+](=O)[O-]. The second-order valence-corrected chi connectivity index (χ2v) is 4.66. The van der Waals surface area contributed by atoms with Crippen LogP contribution in [0.15, 0.2) is 18.7 Å². The first kappa shape index (κ1) is 13.7. The van der Waals surface area contributed by atoms with E-state index in [1.807, 2.05) is 11.8 Å². The van der Waals surface area contributed by atoms with E-state index in [1.54, 1.807) is 13.0 Å². The van der Waals surface area contributed by atoms with E-state index >= 15 is 0 Å². The van der Waals surface area contributed by atoms with Crippen molar-refractivity contribution in [1.82, 2.24) is 0 Å². The fraction of sp³-hybridized carbons (Fsp3) is 0.455. The number of nitro groups is 1. The minimum Gasteiger partial charge on any atom is -0.388 e. The summed E-state index contributed by atoms with van der Waals surface area (Å²) in [5.41, 5.74) is 0.0506. The van der Waals surface area contributed by atoms with Gasteiger partial charge in [0, 0.05) is 24.0 Å². The van der Waals surface area contributed by atoms with Gasteiger partial charge in [-0.15, -0.1) is 17.9 Å². The van der Waals surface area contributed by atoms with Crippen molar-refractivity contribution in [1.29, 1.82) is 0 Å². The molecule has 0 fully saturated rings. The number of nitrogens with zero attached hydrogens (tertiary/aromatic N) is 2. The van der Waals surface area contributed by atoms with Crippen LogP contribution < -0.4 is 4.90 Å². The van der Waals surface area contributed by atoms with E-state index in [-0.39, 0.29) is 5.69 Å². The number of aliphatic hydroxyl groups is 1. The Morgan fingerprint density at radius 2 is 2.41 bits per heavy atom. The predicted octanol–water partition coefficient (Wildman–Crippen LogP) is 2.72. The van der Waals surface area contributed by atoms with E-state index in [0.717, 1.165) is 0 Å².